The monoisotopic (exact) mass is 319 g/mol. The van der Waals surface area contributed by atoms with E-state index in [9.17, 15) is 0 Å². The fourth-order valence-electron chi connectivity index (χ4n) is 3.26. The van der Waals surface area contributed by atoms with Crippen molar-refractivity contribution in [2.24, 2.45) is 5.84 Å². The summed E-state index contributed by atoms with van der Waals surface area (Å²) in [6.45, 7) is 4.56. The van der Waals surface area contributed by atoms with Crippen molar-refractivity contribution in [2.45, 2.75) is 64.2 Å². The van der Waals surface area contributed by atoms with Gasteiger partial charge in [0.05, 0.1) is 0 Å². The maximum atomic E-state index is 5.88. The Kier molecular flexibility index (Phi) is 6.80. The number of unbranched alkanes of at least 4 members (excludes halogenated alkanes) is 4. The standard InChI is InChI=1S/C18H29N3S/c1-3-5-6-7-11-14-18(4-2,16-12-9-8-10-13-16)17-15-20-21(19)22-17/h8-10,12-13,15,20H,3-7,11,14,19H2,1-2H3. The summed E-state index contributed by atoms with van der Waals surface area (Å²) in [5, 5.41) is 0. The molecule has 0 aliphatic carbocycles. The lowest BCUT2D eigenvalue weighted by molar-refractivity contribution is 0.433. The Morgan fingerprint density at radius 3 is 2.41 bits per heavy atom. The molecule has 1 aromatic carbocycles. The molecule has 1 atom stereocenters. The van der Waals surface area contributed by atoms with Gasteiger partial charge in [0.1, 0.15) is 0 Å². The third kappa shape index (κ3) is 4.06. The highest BCUT2D eigenvalue weighted by Crippen LogP contribution is 2.46. The molecule has 0 saturated heterocycles. The summed E-state index contributed by atoms with van der Waals surface area (Å²) >= 11 is 1.62. The maximum Gasteiger partial charge on any atom is 0.0314 e. The van der Waals surface area contributed by atoms with Crippen LogP contribution in [0.15, 0.2) is 41.4 Å². The van der Waals surface area contributed by atoms with Gasteiger partial charge in [-0.25, -0.2) is 5.84 Å². The van der Waals surface area contributed by atoms with Crippen LogP contribution in [-0.4, -0.2) is 4.52 Å². The van der Waals surface area contributed by atoms with Crippen molar-refractivity contribution in [2.75, 3.05) is 0 Å². The van der Waals surface area contributed by atoms with E-state index in [2.05, 4.69) is 55.8 Å². The fourth-order valence-corrected chi connectivity index (χ4v) is 4.22. The molecule has 0 saturated carbocycles. The van der Waals surface area contributed by atoms with Crippen LogP contribution in [0.25, 0.3) is 0 Å². The predicted molar refractivity (Wildman–Crippen MR) is 96.6 cm³/mol. The van der Waals surface area contributed by atoms with E-state index in [1.165, 1.54) is 49.0 Å². The Morgan fingerprint density at radius 2 is 1.82 bits per heavy atom. The number of allylic oxidation sites excluding steroid dienone is 1. The quantitative estimate of drug-likeness (QED) is 0.387. The summed E-state index contributed by atoms with van der Waals surface area (Å²) in [5.74, 6) is 5.88. The lowest BCUT2D eigenvalue weighted by atomic mass is 9.73. The lowest BCUT2D eigenvalue weighted by Crippen LogP contribution is -2.30. The van der Waals surface area contributed by atoms with Crippen LogP contribution in [0, 0.1) is 0 Å². The van der Waals surface area contributed by atoms with Crippen LogP contribution in [0.4, 0.5) is 0 Å². The molecule has 0 amide bonds. The lowest BCUT2D eigenvalue weighted by Gasteiger charge is -2.34. The van der Waals surface area contributed by atoms with E-state index >= 15 is 0 Å². The zero-order valence-corrected chi connectivity index (χ0v) is 14.7. The molecule has 1 aliphatic rings. The van der Waals surface area contributed by atoms with Crippen LogP contribution in [-0.2, 0) is 5.41 Å². The molecule has 122 valence electrons. The molecule has 4 heteroatoms. The van der Waals surface area contributed by atoms with Gasteiger partial charge >= 0.3 is 0 Å². The van der Waals surface area contributed by atoms with Crippen molar-refractivity contribution in [3.05, 3.63) is 47.0 Å². The minimum absolute atomic E-state index is 0.0826. The molecule has 2 rings (SSSR count). The molecular weight excluding hydrogens is 290 g/mol. The van der Waals surface area contributed by atoms with Crippen LogP contribution < -0.4 is 11.3 Å². The van der Waals surface area contributed by atoms with Gasteiger partial charge in [-0.15, -0.1) is 0 Å². The minimum Gasteiger partial charge on any atom is -0.302 e. The van der Waals surface area contributed by atoms with Gasteiger partial charge < -0.3 is 5.43 Å². The number of nitrogens with zero attached hydrogens (tertiary/aromatic N) is 1. The van der Waals surface area contributed by atoms with Gasteiger partial charge in [0.2, 0.25) is 0 Å². The summed E-state index contributed by atoms with van der Waals surface area (Å²) < 4.78 is 1.60. The molecule has 0 bridgehead atoms. The molecule has 1 heterocycles. The van der Waals surface area contributed by atoms with E-state index < -0.39 is 0 Å². The highest BCUT2D eigenvalue weighted by atomic mass is 32.2. The first-order valence-corrected chi connectivity index (χ1v) is 9.25. The summed E-state index contributed by atoms with van der Waals surface area (Å²) in [4.78, 5) is 1.33. The number of nitrogens with two attached hydrogens (primary N) is 1. The number of benzene rings is 1. The SMILES string of the molecule is CCCCCCCC(CC)(C1=CNN(N)S1)c1ccccc1. The van der Waals surface area contributed by atoms with E-state index in [0.717, 1.165) is 6.42 Å². The van der Waals surface area contributed by atoms with Gasteiger partial charge in [-0.1, -0.05) is 80.8 Å². The molecule has 0 aromatic heterocycles. The molecule has 3 N–H and O–H groups in total. The molecule has 0 spiro atoms. The van der Waals surface area contributed by atoms with Gasteiger partial charge in [0.15, 0.2) is 0 Å². The van der Waals surface area contributed by atoms with Crippen molar-refractivity contribution >= 4 is 11.9 Å². The summed E-state index contributed by atoms with van der Waals surface area (Å²) in [6.07, 6.45) is 10.9. The smallest absolute Gasteiger partial charge is 0.0314 e. The number of hydrogen-bond donors (Lipinski definition) is 2. The van der Waals surface area contributed by atoms with E-state index in [4.69, 9.17) is 5.84 Å². The third-order valence-electron chi connectivity index (χ3n) is 4.63. The second-order valence-electron chi connectivity index (χ2n) is 6.02. The molecular formula is C18H29N3S. The number of hydrogen-bond acceptors (Lipinski definition) is 4. The van der Waals surface area contributed by atoms with Gasteiger partial charge in [-0.2, -0.15) is 0 Å². The van der Waals surface area contributed by atoms with Gasteiger partial charge in [-0.05, 0) is 30.4 Å². The first-order valence-electron chi connectivity index (χ1n) is 8.48. The zero-order valence-electron chi connectivity index (χ0n) is 13.8. The number of rotatable bonds is 9. The molecule has 1 aromatic rings. The highest BCUT2D eigenvalue weighted by Gasteiger charge is 2.37. The Morgan fingerprint density at radius 1 is 1.09 bits per heavy atom. The average Bonchev–Trinajstić information content (AvgIpc) is 2.99. The van der Waals surface area contributed by atoms with Crippen molar-refractivity contribution in [3.8, 4) is 0 Å². The van der Waals surface area contributed by atoms with E-state index in [-0.39, 0.29) is 5.41 Å². The van der Waals surface area contributed by atoms with Crippen LogP contribution in [0.2, 0.25) is 0 Å². The highest BCUT2D eigenvalue weighted by molar-refractivity contribution is 8.01. The largest absolute Gasteiger partial charge is 0.302 e. The first kappa shape index (κ1) is 17.4. The second-order valence-corrected chi connectivity index (χ2v) is 7.04. The molecule has 1 aliphatic heterocycles. The Balaban J connectivity index is 2.16. The normalized spacial score (nSPS) is 17.9. The van der Waals surface area contributed by atoms with Gasteiger partial charge in [0, 0.05) is 16.5 Å². The third-order valence-corrected chi connectivity index (χ3v) is 5.64. The summed E-state index contributed by atoms with van der Waals surface area (Å²) in [7, 11) is 0. The zero-order chi connectivity index (χ0) is 15.8. The van der Waals surface area contributed by atoms with E-state index in [1.54, 1.807) is 16.5 Å². The van der Waals surface area contributed by atoms with Crippen molar-refractivity contribution in [3.63, 3.8) is 0 Å². The second kappa shape index (κ2) is 8.61. The molecule has 1 unspecified atom stereocenters. The molecule has 22 heavy (non-hydrogen) atoms. The summed E-state index contributed by atoms with van der Waals surface area (Å²) in [5.41, 5.74) is 4.59. The van der Waals surface area contributed by atoms with Crippen LogP contribution >= 0.6 is 11.9 Å². The Hall–Kier alpha value is -0.970. The number of nitrogens with one attached hydrogen (secondary N) is 1. The van der Waals surface area contributed by atoms with Crippen LogP contribution in [0.3, 0.4) is 0 Å². The predicted octanol–water partition coefficient (Wildman–Crippen LogP) is 4.88. The van der Waals surface area contributed by atoms with Crippen LogP contribution in [0.1, 0.15) is 64.4 Å². The van der Waals surface area contributed by atoms with Crippen LogP contribution in [0.5, 0.6) is 0 Å². The number of hydrazine groups is 2. The van der Waals surface area contributed by atoms with Crippen molar-refractivity contribution < 1.29 is 0 Å². The Bertz CT molecular complexity index is 474. The molecule has 3 nitrogen and oxygen atoms in total. The average molecular weight is 320 g/mol. The minimum atomic E-state index is 0.0826. The van der Waals surface area contributed by atoms with Crippen molar-refractivity contribution in [1.29, 1.82) is 0 Å². The van der Waals surface area contributed by atoms with E-state index in [0.29, 0.717) is 0 Å². The topological polar surface area (TPSA) is 41.3 Å². The maximum absolute atomic E-state index is 5.88. The van der Waals surface area contributed by atoms with Gasteiger partial charge in [-0.3, -0.25) is 0 Å². The first-order chi connectivity index (χ1) is 10.7. The molecule has 0 fully saturated rings. The van der Waals surface area contributed by atoms with E-state index in [1.807, 2.05) is 0 Å². The van der Waals surface area contributed by atoms with Crippen molar-refractivity contribution in [1.82, 2.24) is 9.95 Å². The molecule has 0 radical (unpaired) electrons. The fraction of sp³-hybridized carbons (Fsp3) is 0.556. The van der Waals surface area contributed by atoms with Gasteiger partial charge in [0.25, 0.3) is 0 Å². The summed E-state index contributed by atoms with van der Waals surface area (Å²) in [6, 6.07) is 10.9. The Labute approximate surface area is 139 Å².